The van der Waals surface area contributed by atoms with Gasteiger partial charge in [-0.1, -0.05) is 18.2 Å². The van der Waals surface area contributed by atoms with Crippen molar-refractivity contribution < 1.29 is 18.7 Å². The predicted octanol–water partition coefficient (Wildman–Crippen LogP) is 4.02. The molecule has 120 valence electrons. The molecule has 3 aromatic rings. The molecule has 1 heterocycles. The summed E-state index contributed by atoms with van der Waals surface area (Å²) in [4.78, 5) is 23.1. The largest absolute Gasteiger partial charge is 0.495 e. The fourth-order valence-electron chi connectivity index (χ4n) is 2.31. The lowest BCUT2D eigenvalue weighted by Gasteiger charge is -2.11. The van der Waals surface area contributed by atoms with Crippen molar-refractivity contribution in [2.45, 2.75) is 0 Å². The van der Waals surface area contributed by atoms with Gasteiger partial charge in [0.2, 0.25) is 0 Å². The molecule has 1 aromatic heterocycles. The number of carbonyl (C=O) groups excluding carboxylic acids is 2. The van der Waals surface area contributed by atoms with Gasteiger partial charge in [-0.25, -0.2) is 0 Å². The summed E-state index contributed by atoms with van der Waals surface area (Å²) in [6.45, 7) is 0. The Morgan fingerprint density at radius 3 is 2.54 bits per heavy atom. The molecular formula is C19H15NO4. The number of furan rings is 1. The first-order valence-corrected chi connectivity index (χ1v) is 7.31. The van der Waals surface area contributed by atoms with Crippen LogP contribution < -0.4 is 10.1 Å². The van der Waals surface area contributed by atoms with Gasteiger partial charge >= 0.3 is 0 Å². The van der Waals surface area contributed by atoms with E-state index in [1.165, 1.54) is 7.11 Å². The first kappa shape index (κ1) is 15.6. The average Bonchev–Trinajstić information content (AvgIpc) is 3.11. The monoisotopic (exact) mass is 321 g/mol. The zero-order valence-electron chi connectivity index (χ0n) is 13.0. The highest BCUT2D eigenvalue weighted by molar-refractivity contribution is 6.05. The molecule has 0 saturated heterocycles. The fraction of sp³-hybridized carbons (Fsp3) is 0.0526. The molecule has 3 rings (SSSR count). The summed E-state index contributed by atoms with van der Waals surface area (Å²) in [6, 6.07) is 17.5. The molecule has 5 heteroatoms. The normalized spacial score (nSPS) is 10.2. The highest BCUT2D eigenvalue weighted by Gasteiger charge is 2.12. The molecule has 0 atom stereocenters. The quantitative estimate of drug-likeness (QED) is 0.721. The van der Waals surface area contributed by atoms with Gasteiger partial charge in [0.1, 0.15) is 11.5 Å². The van der Waals surface area contributed by atoms with E-state index in [4.69, 9.17) is 9.15 Å². The van der Waals surface area contributed by atoms with Crippen molar-refractivity contribution in [1.82, 2.24) is 0 Å². The molecule has 1 amide bonds. The van der Waals surface area contributed by atoms with Crippen LogP contribution in [0, 0.1) is 0 Å². The highest BCUT2D eigenvalue weighted by Crippen LogP contribution is 2.31. The smallest absolute Gasteiger partial charge is 0.255 e. The number of hydrogen-bond acceptors (Lipinski definition) is 4. The van der Waals surface area contributed by atoms with Crippen LogP contribution in [0.2, 0.25) is 0 Å². The summed E-state index contributed by atoms with van der Waals surface area (Å²) in [5.41, 5.74) is 1.80. The minimum absolute atomic E-state index is 0.237. The number of aldehydes is 1. The van der Waals surface area contributed by atoms with Crippen molar-refractivity contribution >= 4 is 17.9 Å². The molecule has 0 aliphatic carbocycles. The lowest BCUT2D eigenvalue weighted by Crippen LogP contribution is -2.12. The molecule has 5 nitrogen and oxygen atoms in total. The van der Waals surface area contributed by atoms with Crippen LogP contribution in [0.4, 0.5) is 5.69 Å². The van der Waals surface area contributed by atoms with E-state index in [1.807, 2.05) is 6.07 Å². The van der Waals surface area contributed by atoms with Gasteiger partial charge in [-0.2, -0.15) is 0 Å². The van der Waals surface area contributed by atoms with Crippen molar-refractivity contribution in [3.63, 3.8) is 0 Å². The highest BCUT2D eigenvalue weighted by atomic mass is 16.5. The summed E-state index contributed by atoms with van der Waals surface area (Å²) in [5, 5.41) is 2.83. The van der Waals surface area contributed by atoms with Crippen molar-refractivity contribution in [2.75, 3.05) is 12.4 Å². The van der Waals surface area contributed by atoms with Gasteiger partial charge in [0, 0.05) is 11.1 Å². The molecule has 0 fully saturated rings. The molecule has 0 unspecified atom stereocenters. The van der Waals surface area contributed by atoms with Crippen LogP contribution in [0.1, 0.15) is 20.9 Å². The Labute approximate surface area is 138 Å². The van der Waals surface area contributed by atoms with E-state index in [0.717, 1.165) is 5.56 Å². The predicted molar refractivity (Wildman–Crippen MR) is 90.5 cm³/mol. The maximum absolute atomic E-state index is 12.3. The number of nitrogens with one attached hydrogen (secondary N) is 1. The second kappa shape index (κ2) is 6.83. The molecule has 0 bridgehead atoms. The van der Waals surface area contributed by atoms with Crippen molar-refractivity contribution in [3.8, 4) is 17.1 Å². The minimum Gasteiger partial charge on any atom is -0.495 e. The van der Waals surface area contributed by atoms with E-state index < -0.39 is 0 Å². The summed E-state index contributed by atoms with van der Waals surface area (Å²) in [6.07, 6.45) is 0.644. The summed E-state index contributed by atoms with van der Waals surface area (Å²) in [7, 11) is 1.53. The van der Waals surface area contributed by atoms with E-state index in [1.54, 1.807) is 54.6 Å². The SMILES string of the molecule is COc1ccc(-c2ccc(C=O)o2)cc1NC(=O)c1ccccc1. The number of rotatable bonds is 5. The Bertz CT molecular complexity index is 868. The maximum Gasteiger partial charge on any atom is 0.255 e. The second-order valence-corrected chi connectivity index (χ2v) is 5.06. The van der Waals surface area contributed by atoms with Crippen molar-refractivity contribution in [1.29, 1.82) is 0 Å². The number of carbonyl (C=O) groups is 2. The first-order chi connectivity index (χ1) is 11.7. The van der Waals surface area contributed by atoms with Crippen LogP contribution in [0.15, 0.2) is 65.1 Å². The third kappa shape index (κ3) is 3.20. The zero-order valence-corrected chi connectivity index (χ0v) is 13.0. The Morgan fingerprint density at radius 1 is 1.08 bits per heavy atom. The topological polar surface area (TPSA) is 68.5 Å². The van der Waals surface area contributed by atoms with E-state index in [9.17, 15) is 9.59 Å². The van der Waals surface area contributed by atoms with Crippen LogP contribution in [0.5, 0.6) is 5.75 Å². The standard InChI is InChI=1S/C19H15NO4/c1-23-18-9-7-14(17-10-8-15(12-21)24-17)11-16(18)20-19(22)13-5-3-2-4-6-13/h2-12H,1H3,(H,20,22). The number of ether oxygens (including phenoxy) is 1. The minimum atomic E-state index is -0.237. The Hall–Kier alpha value is -3.34. The fourth-order valence-corrected chi connectivity index (χ4v) is 2.31. The van der Waals surface area contributed by atoms with Gasteiger partial charge in [-0.15, -0.1) is 0 Å². The third-order valence-electron chi connectivity index (χ3n) is 3.51. The van der Waals surface area contributed by atoms with Gasteiger partial charge in [-0.05, 0) is 42.5 Å². The lowest BCUT2D eigenvalue weighted by molar-refractivity contribution is 0.102. The summed E-state index contributed by atoms with van der Waals surface area (Å²) >= 11 is 0. The molecule has 0 aliphatic rings. The molecule has 1 N–H and O–H groups in total. The van der Waals surface area contributed by atoms with E-state index in [0.29, 0.717) is 29.0 Å². The van der Waals surface area contributed by atoms with Gasteiger partial charge in [-0.3, -0.25) is 9.59 Å². The number of amides is 1. The van der Waals surface area contributed by atoms with Crippen molar-refractivity contribution in [3.05, 3.63) is 72.0 Å². The van der Waals surface area contributed by atoms with Crippen LogP contribution in [-0.2, 0) is 0 Å². The number of hydrogen-bond donors (Lipinski definition) is 1. The lowest BCUT2D eigenvalue weighted by atomic mass is 10.1. The Balaban J connectivity index is 1.92. The molecule has 0 spiro atoms. The molecule has 0 aliphatic heterocycles. The summed E-state index contributed by atoms with van der Waals surface area (Å²) in [5.74, 6) is 1.08. The van der Waals surface area contributed by atoms with E-state index in [-0.39, 0.29) is 11.7 Å². The second-order valence-electron chi connectivity index (χ2n) is 5.06. The van der Waals surface area contributed by atoms with Gasteiger partial charge in [0.25, 0.3) is 5.91 Å². The Kier molecular flexibility index (Phi) is 4.43. The van der Waals surface area contributed by atoms with Gasteiger partial charge in [0.15, 0.2) is 12.0 Å². The molecule has 0 radical (unpaired) electrons. The zero-order chi connectivity index (χ0) is 16.9. The van der Waals surface area contributed by atoms with Crippen LogP contribution in [-0.4, -0.2) is 19.3 Å². The Morgan fingerprint density at radius 2 is 1.88 bits per heavy atom. The van der Waals surface area contributed by atoms with Crippen LogP contribution in [0.25, 0.3) is 11.3 Å². The maximum atomic E-state index is 12.3. The number of benzene rings is 2. The molecular weight excluding hydrogens is 306 g/mol. The van der Waals surface area contributed by atoms with Crippen molar-refractivity contribution in [2.24, 2.45) is 0 Å². The molecule has 24 heavy (non-hydrogen) atoms. The summed E-state index contributed by atoms with van der Waals surface area (Å²) < 4.78 is 10.7. The van der Waals surface area contributed by atoms with E-state index in [2.05, 4.69) is 5.32 Å². The van der Waals surface area contributed by atoms with Gasteiger partial charge in [0.05, 0.1) is 12.8 Å². The first-order valence-electron chi connectivity index (χ1n) is 7.31. The molecule has 0 saturated carbocycles. The van der Waals surface area contributed by atoms with Crippen LogP contribution in [0.3, 0.4) is 0 Å². The average molecular weight is 321 g/mol. The van der Waals surface area contributed by atoms with Gasteiger partial charge < -0.3 is 14.5 Å². The number of methoxy groups -OCH3 is 1. The number of anilines is 1. The molecule has 2 aromatic carbocycles. The van der Waals surface area contributed by atoms with E-state index >= 15 is 0 Å². The third-order valence-corrected chi connectivity index (χ3v) is 3.51. The van der Waals surface area contributed by atoms with Crippen LogP contribution >= 0.6 is 0 Å².